The first-order valence-electron chi connectivity index (χ1n) is 8.95. The molecule has 0 nitrogen and oxygen atoms in total. The molecule has 0 bridgehead atoms. The Morgan fingerprint density at radius 2 is 1.15 bits per heavy atom. The van der Waals surface area contributed by atoms with Crippen LogP contribution < -0.4 is 10.4 Å². The van der Waals surface area contributed by atoms with Crippen LogP contribution in [0.15, 0.2) is 60.7 Å². The van der Waals surface area contributed by atoms with E-state index in [9.17, 15) is 0 Å². The highest BCUT2D eigenvalue weighted by molar-refractivity contribution is 5.87. The molecule has 3 aromatic carbocycles. The Hall–Kier alpha value is -3.38. The van der Waals surface area contributed by atoms with Crippen molar-refractivity contribution in [2.75, 3.05) is 0 Å². The summed E-state index contributed by atoms with van der Waals surface area (Å²) < 4.78 is 0. The summed E-state index contributed by atoms with van der Waals surface area (Å²) >= 11 is 0. The number of rotatable bonds is 4. The number of hydrogen-bond donors (Lipinski definition) is 0. The maximum atomic E-state index is 2.24. The van der Waals surface area contributed by atoms with Crippen molar-refractivity contribution < 1.29 is 0 Å². The van der Waals surface area contributed by atoms with Crippen LogP contribution >= 0.6 is 0 Å². The van der Waals surface area contributed by atoms with Crippen molar-refractivity contribution in [3.8, 4) is 0 Å². The second-order valence-corrected chi connectivity index (χ2v) is 6.74. The highest BCUT2D eigenvalue weighted by atomic mass is 14.1. The highest BCUT2D eigenvalue weighted by Gasteiger charge is 2.04. The van der Waals surface area contributed by atoms with Crippen LogP contribution in [0.5, 0.6) is 0 Å². The maximum absolute atomic E-state index is 2.24. The Morgan fingerprint density at radius 3 is 1.73 bits per heavy atom. The lowest BCUT2D eigenvalue weighted by Crippen LogP contribution is -2.29. The van der Waals surface area contributed by atoms with Gasteiger partial charge in [-0.15, -0.1) is 0 Å². The average molecular weight is 330 g/mol. The minimum atomic E-state index is 1.23. The normalized spacial score (nSPS) is 13.5. The zero-order chi connectivity index (χ0) is 17.3. The number of fused-ring (bicyclic) bond motifs is 2. The molecule has 0 heteroatoms. The Bertz CT molecular complexity index is 1220. The van der Waals surface area contributed by atoms with Gasteiger partial charge in [0.1, 0.15) is 0 Å². The molecule has 0 saturated heterocycles. The van der Waals surface area contributed by atoms with Gasteiger partial charge in [-0.1, -0.05) is 97.1 Å². The number of hydrogen-bond acceptors (Lipinski definition) is 0. The summed E-state index contributed by atoms with van der Waals surface area (Å²) in [6.45, 7) is 0. The summed E-state index contributed by atoms with van der Waals surface area (Å²) in [6.07, 6.45) is 17.4. The fourth-order valence-electron chi connectivity index (χ4n) is 3.34. The van der Waals surface area contributed by atoms with E-state index in [1.165, 1.54) is 43.8 Å². The summed E-state index contributed by atoms with van der Waals surface area (Å²) in [5, 5.41) is 2.66. The molecule has 122 valence electrons. The molecule has 0 spiro atoms. The Balaban J connectivity index is 1.41. The summed E-state index contributed by atoms with van der Waals surface area (Å²) in [7, 11) is 0. The smallest absolute Gasteiger partial charge is 0.0178 e. The standard InChI is InChI=1S/C26H18/c1-2-4-22(10-6-20-8-12-24-14-16-26(24)18-20)21(3-1)9-5-19-7-11-23-13-15-25(23)17-19/h1-18H. The van der Waals surface area contributed by atoms with Gasteiger partial charge in [0.25, 0.3) is 0 Å². The minimum absolute atomic E-state index is 1.23. The molecule has 0 saturated carbocycles. The summed E-state index contributed by atoms with van der Waals surface area (Å²) in [5.74, 6) is 0. The first-order chi connectivity index (χ1) is 12.8. The quantitative estimate of drug-likeness (QED) is 0.457. The summed E-state index contributed by atoms with van der Waals surface area (Å²) in [6, 6.07) is 21.7. The molecule has 0 N–H and O–H groups in total. The van der Waals surface area contributed by atoms with Crippen molar-refractivity contribution in [3.63, 3.8) is 0 Å². The molecule has 0 amide bonds. The molecule has 0 radical (unpaired) electrons. The van der Waals surface area contributed by atoms with E-state index >= 15 is 0 Å². The lowest BCUT2D eigenvalue weighted by atomic mass is 9.95. The van der Waals surface area contributed by atoms with Crippen LogP contribution in [-0.4, -0.2) is 0 Å². The second-order valence-electron chi connectivity index (χ2n) is 6.74. The third-order valence-electron chi connectivity index (χ3n) is 5.01. The van der Waals surface area contributed by atoms with Gasteiger partial charge in [0.2, 0.25) is 0 Å². The third kappa shape index (κ3) is 2.76. The van der Waals surface area contributed by atoms with Crippen LogP contribution in [0.25, 0.3) is 48.6 Å². The van der Waals surface area contributed by atoms with E-state index in [0.717, 1.165) is 0 Å². The Labute approximate surface area is 153 Å². The minimum Gasteiger partial charge on any atom is -0.0616 e. The summed E-state index contributed by atoms with van der Waals surface area (Å²) in [5.41, 5.74) is 7.59. The van der Waals surface area contributed by atoms with Gasteiger partial charge < -0.3 is 0 Å². The van der Waals surface area contributed by atoms with Gasteiger partial charge in [-0.05, 0) is 56.0 Å². The van der Waals surface area contributed by atoms with Crippen LogP contribution in [0.1, 0.15) is 33.4 Å². The van der Waals surface area contributed by atoms with Gasteiger partial charge in [-0.25, -0.2) is 0 Å². The molecule has 26 heavy (non-hydrogen) atoms. The lowest BCUT2D eigenvalue weighted by molar-refractivity contribution is 1.47. The van der Waals surface area contributed by atoms with Crippen LogP contribution in [0.2, 0.25) is 0 Å². The first kappa shape index (κ1) is 14.9. The van der Waals surface area contributed by atoms with Crippen molar-refractivity contribution in [1.29, 1.82) is 0 Å². The largest absolute Gasteiger partial charge is 0.0616 e. The fraction of sp³-hybridized carbons (Fsp3) is 0. The average Bonchev–Trinajstić information content (AvgIpc) is 2.62. The Kier molecular flexibility index (Phi) is 3.54. The van der Waals surface area contributed by atoms with E-state index in [0.29, 0.717) is 0 Å². The molecular formula is C26H18. The van der Waals surface area contributed by atoms with Gasteiger partial charge in [0, 0.05) is 0 Å². The topological polar surface area (TPSA) is 0 Å². The first-order valence-corrected chi connectivity index (χ1v) is 8.95. The van der Waals surface area contributed by atoms with Gasteiger partial charge in [-0.2, -0.15) is 0 Å². The molecule has 0 aliphatic heterocycles. The monoisotopic (exact) mass is 330 g/mol. The predicted octanol–water partition coefficient (Wildman–Crippen LogP) is 5.09. The number of benzene rings is 3. The molecule has 5 rings (SSSR count). The van der Waals surface area contributed by atoms with Gasteiger partial charge in [-0.3, -0.25) is 0 Å². The zero-order valence-corrected chi connectivity index (χ0v) is 14.4. The van der Waals surface area contributed by atoms with E-state index in [2.05, 4.69) is 109 Å². The van der Waals surface area contributed by atoms with Crippen molar-refractivity contribution in [1.82, 2.24) is 0 Å². The van der Waals surface area contributed by atoms with Gasteiger partial charge in [0.05, 0.1) is 0 Å². The molecule has 0 atom stereocenters. The van der Waals surface area contributed by atoms with Gasteiger partial charge >= 0.3 is 0 Å². The highest BCUT2D eigenvalue weighted by Crippen LogP contribution is 2.25. The van der Waals surface area contributed by atoms with E-state index in [-0.39, 0.29) is 0 Å². The predicted molar refractivity (Wildman–Crippen MR) is 114 cm³/mol. The maximum Gasteiger partial charge on any atom is -0.0178 e. The molecule has 0 heterocycles. The third-order valence-corrected chi connectivity index (χ3v) is 5.01. The van der Waals surface area contributed by atoms with E-state index in [1.54, 1.807) is 0 Å². The fourth-order valence-corrected chi connectivity index (χ4v) is 3.34. The Morgan fingerprint density at radius 1 is 0.500 bits per heavy atom. The van der Waals surface area contributed by atoms with E-state index < -0.39 is 0 Å². The van der Waals surface area contributed by atoms with Crippen LogP contribution in [0, 0.1) is 0 Å². The van der Waals surface area contributed by atoms with Crippen molar-refractivity contribution in [2.24, 2.45) is 0 Å². The van der Waals surface area contributed by atoms with Crippen molar-refractivity contribution >= 4 is 48.6 Å². The van der Waals surface area contributed by atoms with Gasteiger partial charge in [0.15, 0.2) is 0 Å². The van der Waals surface area contributed by atoms with E-state index in [1.807, 2.05) is 0 Å². The molecule has 0 unspecified atom stereocenters. The molecule has 0 fully saturated rings. The zero-order valence-electron chi connectivity index (χ0n) is 14.4. The second kappa shape index (κ2) is 6.16. The van der Waals surface area contributed by atoms with Crippen LogP contribution in [0.4, 0.5) is 0 Å². The lowest BCUT2D eigenvalue weighted by Gasteiger charge is -2.10. The molecule has 2 aliphatic carbocycles. The van der Waals surface area contributed by atoms with E-state index in [4.69, 9.17) is 0 Å². The van der Waals surface area contributed by atoms with Crippen LogP contribution in [0.3, 0.4) is 0 Å². The SMILES string of the molecule is C(=Cc1ccccc1C=Cc1ccc2c(c1)=CC=2)c1ccc2c(c1)C=C2. The molecule has 2 aliphatic rings. The molecular weight excluding hydrogens is 312 g/mol. The molecule has 3 aromatic rings. The van der Waals surface area contributed by atoms with Crippen molar-refractivity contribution in [3.05, 3.63) is 104 Å². The molecule has 0 aromatic heterocycles. The van der Waals surface area contributed by atoms with Crippen molar-refractivity contribution in [2.45, 2.75) is 0 Å². The summed E-state index contributed by atoms with van der Waals surface area (Å²) in [4.78, 5) is 0. The van der Waals surface area contributed by atoms with Crippen LogP contribution in [-0.2, 0) is 0 Å².